The van der Waals surface area contributed by atoms with Crippen molar-refractivity contribution in [3.05, 3.63) is 39.9 Å². The van der Waals surface area contributed by atoms with Gasteiger partial charge in [0, 0.05) is 43.9 Å². The van der Waals surface area contributed by atoms with Gasteiger partial charge in [0.1, 0.15) is 0 Å². The lowest BCUT2D eigenvalue weighted by atomic mass is 9.84. The normalized spacial score (nSPS) is 22.1. The number of nitrogens with zero attached hydrogens (tertiary/aromatic N) is 1. The number of ether oxygens (including phenoxy) is 1. The Bertz CT molecular complexity index is 458. The fourth-order valence-electron chi connectivity index (χ4n) is 2.56. The number of benzene rings is 1. The first-order valence-corrected chi connectivity index (χ1v) is 6.78. The maximum Gasteiger partial charge on any atom is 0.269 e. The third-order valence-corrected chi connectivity index (χ3v) is 3.78. The minimum Gasteiger partial charge on any atom is -0.396 e. The Hall–Kier alpha value is -1.50. The van der Waals surface area contributed by atoms with Gasteiger partial charge in [-0.2, -0.15) is 0 Å². The van der Waals surface area contributed by atoms with Gasteiger partial charge in [-0.15, -0.1) is 0 Å². The first kappa shape index (κ1) is 14.9. The summed E-state index contributed by atoms with van der Waals surface area (Å²) in [4.78, 5) is 10.3. The molecule has 0 spiro atoms. The summed E-state index contributed by atoms with van der Waals surface area (Å²) in [5.41, 5.74) is 0.992. The average Bonchev–Trinajstić information content (AvgIpc) is 2.88. The molecule has 1 aromatic carbocycles. The van der Waals surface area contributed by atoms with Gasteiger partial charge in [0.15, 0.2) is 0 Å². The summed E-state index contributed by atoms with van der Waals surface area (Å²) in [6.07, 6.45) is 1.66. The lowest BCUT2D eigenvalue weighted by molar-refractivity contribution is -0.384. The quantitative estimate of drug-likeness (QED) is 0.583. The van der Waals surface area contributed by atoms with Crippen molar-refractivity contribution < 1.29 is 14.8 Å². The summed E-state index contributed by atoms with van der Waals surface area (Å²) in [6.45, 7) is 2.88. The zero-order valence-corrected chi connectivity index (χ0v) is 11.4. The molecule has 1 saturated heterocycles. The molecule has 6 nitrogen and oxygen atoms in total. The van der Waals surface area contributed by atoms with Crippen molar-refractivity contribution in [1.82, 2.24) is 5.32 Å². The Labute approximate surface area is 117 Å². The van der Waals surface area contributed by atoms with Crippen molar-refractivity contribution in [3.8, 4) is 0 Å². The maximum atomic E-state index is 10.7. The standard InChI is InChI=1S/C14H20N2O4/c17-6-4-14(5-7-20-11-14)10-15-9-12-2-1-3-13(8-12)16(18)19/h1-3,8,15,17H,4-7,9-11H2. The molecule has 1 aliphatic heterocycles. The first-order chi connectivity index (χ1) is 9.65. The van der Waals surface area contributed by atoms with Crippen molar-refractivity contribution in [2.75, 3.05) is 26.4 Å². The summed E-state index contributed by atoms with van der Waals surface area (Å²) in [7, 11) is 0. The van der Waals surface area contributed by atoms with Crippen LogP contribution in [0, 0.1) is 15.5 Å². The van der Waals surface area contributed by atoms with Gasteiger partial charge in [-0.3, -0.25) is 10.1 Å². The molecular formula is C14H20N2O4. The molecule has 0 saturated carbocycles. The van der Waals surface area contributed by atoms with Crippen LogP contribution in [0.4, 0.5) is 5.69 Å². The van der Waals surface area contributed by atoms with Crippen LogP contribution in [0.1, 0.15) is 18.4 Å². The molecule has 1 aromatic rings. The molecular weight excluding hydrogens is 260 g/mol. The van der Waals surface area contributed by atoms with Gasteiger partial charge in [0.2, 0.25) is 0 Å². The summed E-state index contributed by atoms with van der Waals surface area (Å²) in [5.74, 6) is 0. The zero-order chi connectivity index (χ0) is 14.4. The van der Waals surface area contributed by atoms with Gasteiger partial charge in [-0.05, 0) is 18.4 Å². The third-order valence-electron chi connectivity index (χ3n) is 3.78. The van der Waals surface area contributed by atoms with Crippen molar-refractivity contribution in [2.24, 2.45) is 5.41 Å². The lowest BCUT2D eigenvalue weighted by Crippen LogP contribution is -2.35. The van der Waals surface area contributed by atoms with Crippen LogP contribution >= 0.6 is 0 Å². The number of rotatable bonds is 7. The highest BCUT2D eigenvalue weighted by atomic mass is 16.6. The highest BCUT2D eigenvalue weighted by Gasteiger charge is 2.33. The Balaban J connectivity index is 1.88. The van der Waals surface area contributed by atoms with Gasteiger partial charge in [0.05, 0.1) is 11.5 Å². The molecule has 6 heteroatoms. The Morgan fingerprint density at radius 1 is 1.50 bits per heavy atom. The third kappa shape index (κ3) is 3.75. The van der Waals surface area contributed by atoms with Crippen LogP contribution in [0.5, 0.6) is 0 Å². The molecule has 1 aliphatic rings. The van der Waals surface area contributed by atoms with E-state index in [2.05, 4.69) is 5.32 Å². The molecule has 110 valence electrons. The van der Waals surface area contributed by atoms with E-state index >= 15 is 0 Å². The van der Waals surface area contributed by atoms with E-state index in [0.29, 0.717) is 13.2 Å². The average molecular weight is 280 g/mol. The van der Waals surface area contributed by atoms with Gasteiger partial charge < -0.3 is 15.2 Å². The highest BCUT2D eigenvalue weighted by molar-refractivity contribution is 5.34. The minimum atomic E-state index is -0.387. The van der Waals surface area contributed by atoms with Crippen LogP contribution in [0.2, 0.25) is 0 Å². The number of hydrogen-bond acceptors (Lipinski definition) is 5. The number of nitrogens with one attached hydrogen (secondary N) is 1. The summed E-state index contributed by atoms with van der Waals surface area (Å²) < 4.78 is 5.43. The monoisotopic (exact) mass is 280 g/mol. The number of nitro benzene ring substituents is 1. The van der Waals surface area contributed by atoms with E-state index in [1.54, 1.807) is 12.1 Å². The second kappa shape index (κ2) is 6.78. The highest BCUT2D eigenvalue weighted by Crippen LogP contribution is 2.31. The predicted molar refractivity (Wildman–Crippen MR) is 74.4 cm³/mol. The van der Waals surface area contributed by atoms with Crippen molar-refractivity contribution >= 4 is 5.69 Å². The van der Waals surface area contributed by atoms with E-state index in [0.717, 1.165) is 31.6 Å². The van der Waals surface area contributed by atoms with E-state index in [4.69, 9.17) is 9.84 Å². The fraction of sp³-hybridized carbons (Fsp3) is 0.571. The number of aliphatic hydroxyl groups is 1. The molecule has 1 atom stereocenters. The smallest absolute Gasteiger partial charge is 0.269 e. The van der Waals surface area contributed by atoms with Crippen LogP contribution in [-0.2, 0) is 11.3 Å². The number of nitro groups is 1. The molecule has 0 amide bonds. The number of aliphatic hydroxyl groups excluding tert-OH is 1. The molecule has 0 aliphatic carbocycles. The SMILES string of the molecule is O=[N+]([O-])c1cccc(CNCC2(CCO)CCOC2)c1. The second-order valence-electron chi connectivity index (χ2n) is 5.31. The summed E-state index contributed by atoms with van der Waals surface area (Å²) in [5, 5.41) is 23.2. The number of non-ortho nitro benzene ring substituents is 1. The molecule has 1 heterocycles. The molecule has 2 N–H and O–H groups in total. The zero-order valence-electron chi connectivity index (χ0n) is 11.4. The predicted octanol–water partition coefficient (Wildman–Crippen LogP) is 1.47. The molecule has 1 fully saturated rings. The Kier molecular flexibility index (Phi) is 5.05. The van der Waals surface area contributed by atoms with Crippen LogP contribution in [0.3, 0.4) is 0 Å². The van der Waals surface area contributed by atoms with Gasteiger partial charge in [-0.25, -0.2) is 0 Å². The first-order valence-electron chi connectivity index (χ1n) is 6.78. The van der Waals surface area contributed by atoms with E-state index in [-0.39, 0.29) is 22.6 Å². The van der Waals surface area contributed by atoms with E-state index < -0.39 is 0 Å². The van der Waals surface area contributed by atoms with E-state index in [1.165, 1.54) is 6.07 Å². The van der Waals surface area contributed by atoms with Crippen molar-refractivity contribution in [3.63, 3.8) is 0 Å². The second-order valence-corrected chi connectivity index (χ2v) is 5.31. The van der Waals surface area contributed by atoms with E-state index in [1.807, 2.05) is 6.07 Å². The molecule has 2 rings (SSSR count). The summed E-state index contributed by atoms with van der Waals surface area (Å²) in [6, 6.07) is 6.62. The van der Waals surface area contributed by atoms with Crippen LogP contribution in [-0.4, -0.2) is 36.4 Å². The molecule has 0 radical (unpaired) electrons. The topological polar surface area (TPSA) is 84.6 Å². The van der Waals surface area contributed by atoms with Crippen LogP contribution in [0.15, 0.2) is 24.3 Å². The molecule has 0 bridgehead atoms. The largest absolute Gasteiger partial charge is 0.396 e. The maximum absolute atomic E-state index is 10.7. The molecule has 1 unspecified atom stereocenters. The van der Waals surface area contributed by atoms with E-state index in [9.17, 15) is 10.1 Å². The van der Waals surface area contributed by atoms with Gasteiger partial charge >= 0.3 is 0 Å². The Morgan fingerprint density at radius 2 is 2.35 bits per heavy atom. The summed E-state index contributed by atoms with van der Waals surface area (Å²) >= 11 is 0. The minimum absolute atomic E-state index is 0.00450. The van der Waals surface area contributed by atoms with Crippen molar-refractivity contribution in [1.29, 1.82) is 0 Å². The lowest BCUT2D eigenvalue weighted by Gasteiger charge is -2.26. The number of hydrogen-bond donors (Lipinski definition) is 2. The molecule has 0 aromatic heterocycles. The van der Waals surface area contributed by atoms with Crippen molar-refractivity contribution in [2.45, 2.75) is 19.4 Å². The fourth-order valence-corrected chi connectivity index (χ4v) is 2.56. The van der Waals surface area contributed by atoms with Gasteiger partial charge in [-0.1, -0.05) is 12.1 Å². The Morgan fingerprint density at radius 3 is 3.00 bits per heavy atom. The van der Waals surface area contributed by atoms with Gasteiger partial charge in [0.25, 0.3) is 5.69 Å². The van der Waals surface area contributed by atoms with Crippen LogP contribution < -0.4 is 5.32 Å². The molecule has 20 heavy (non-hydrogen) atoms. The van der Waals surface area contributed by atoms with Crippen LogP contribution in [0.25, 0.3) is 0 Å².